The predicted octanol–water partition coefficient (Wildman–Crippen LogP) is 1.68. The molecule has 0 unspecified atom stereocenters. The molecule has 2 fully saturated rings. The Labute approximate surface area is 136 Å². The second-order valence-electron chi connectivity index (χ2n) is 6.52. The molecule has 0 N–H and O–H groups in total. The van der Waals surface area contributed by atoms with Crippen LogP contribution in [-0.2, 0) is 6.54 Å². The van der Waals surface area contributed by atoms with Gasteiger partial charge in [-0.3, -0.25) is 19.7 Å². The molecule has 118 valence electrons. The molecule has 4 rings (SSSR count). The summed E-state index contributed by atoms with van der Waals surface area (Å²) in [6.07, 6.45) is 7.11. The van der Waals surface area contributed by atoms with Crippen molar-refractivity contribution in [2.45, 2.75) is 6.54 Å². The van der Waals surface area contributed by atoms with Gasteiger partial charge in [-0.25, -0.2) is 0 Å². The Morgan fingerprint density at radius 2 is 1.74 bits per heavy atom. The van der Waals surface area contributed by atoms with Crippen molar-refractivity contribution in [1.29, 1.82) is 0 Å². The lowest BCUT2D eigenvalue weighted by Gasteiger charge is -2.21. The lowest BCUT2D eigenvalue weighted by molar-refractivity contribution is 0.0773. The molecule has 0 aliphatic carbocycles. The molecule has 2 aromatic heterocycles. The standard InChI is InChI=1S/C18H20N4O/c23-18(15-3-6-19-7-4-15)22-12-16-10-21(11-17(16)13-22)9-14-2-1-5-20-8-14/h1-8,16-17H,9-13H2/t16-,17+. The van der Waals surface area contributed by atoms with Gasteiger partial charge in [0.1, 0.15) is 0 Å². The average Bonchev–Trinajstić information content (AvgIpc) is 3.14. The minimum Gasteiger partial charge on any atom is -0.338 e. The highest BCUT2D eigenvalue weighted by Crippen LogP contribution is 2.32. The number of nitrogens with zero attached hydrogens (tertiary/aromatic N) is 4. The maximum Gasteiger partial charge on any atom is 0.253 e. The van der Waals surface area contributed by atoms with Crippen LogP contribution < -0.4 is 0 Å². The van der Waals surface area contributed by atoms with Crippen LogP contribution in [0.4, 0.5) is 0 Å². The van der Waals surface area contributed by atoms with E-state index in [1.165, 1.54) is 5.56 Å². The first-order chi connectivity index (χ1) is 11.3. The molecule has 0 spiro atoms. The number of hydrogen-bond acceptors (Lipinski definition) is 4. The highest BCUT2D eigenvalue weighted by Gasteiger charge is 2.41. The Bertz CT molecular complexity index is 662. The Morgan fingerprint density at radius 3 is 2.39 bits per heavy atom. The molecule has 0 radical (unpaired) electrons. The summed E-state index contributed by atoms with van der Waals surface area (Å²) in [5.41, 5.74) is 2.00. The first-order valence-electron chi connectivity index (χ1n) is 8.10. The minimum absolute atomic E-state index is 0.139. The van der Waals surface area contributed by atoms with Crippen molar-refractivity contribution >= 4 is 5.91 Å². The molecule has 5 nitrogen and oxygen atoms in total. The van der Waals surface area contributed by atoms with Gasteiger partial charge < -0.3 is 4.90 Å². The fraction of sp³-hybridized carbons (Fsp3) is 0.389. The van der Waals surface area contributed by atoms with Crippen LogP contribution in [0, 0.1) is 11.8 Å². The smallest absolute Gasteiger partial charge is 0.253 e. The normalized spacial score (nSPS) is 23.9. The molecule has 2 saturated heterocycles. The number of likely N-dealkylation sites (tertiary alicyclic amines) is 2. The number of pyridine rings is 2. The molecule has 0 aromatic carbocycles. The third-order valence-electron chi connectivity index (χ3n) is 4.91. The summed E-state index contributed by atoms with van der Waals surface area (Å²) in [6, 6.07) is 7.71. The van der Waals surface area contributed by atoms with Crippen molar-refractivity contribution in [1.82, 2.24) is 19.8 Å². The SMILES string of the molecule is O=C(c1ccncc1)N1C[C@H]2CN(Cc3cccnc3)C[C@H]2C1. The first kappa shape index (κ1) is 14.3. The van der Waals surface area contributed by atoms with E-state index in [1.54, 1.807) is 24.5 Å². The number of rotatable bonds is 3. The van der Waals surface area contributed by atoms with Crippen LogP contribution in [0.2, 0.25) is 0 Å². The molecular formula is C18H20N4O. The molecule has 2 aliphatic rings. The summed E-state index contributed by atoms with van der Waals surface area (Å²) >= 11 is 0. The number of aromatic nitrogens is 2. The van der Waals surface area contributed by atoms with Crippen LogP contribution in [0.1, 0.15) is 15.9 Å². The van der Waals surface area contributed by atoms with Gasteiger partial charge >= 0.3 is 0 Å². The maximum absolute atomic E-state index is 12.5. The fourth-order valence-corrected chi connectivity index (χ4v) is 3.81. The van der Waals surface area contributed by atoms with E-state index < -0.39 is 0 Å². The molecule has 2 aliphatic heterocycles. The molecule has 23 heavy (non-hydrogen) atoms. The van der Waals surface area contributed by atoms with Crippen LogP contribution in [0.3, 0.4) is 0 Å². The van der Waals surface area contributed by atoms with E-state index in [0.29, 0.717) is 11.8 Å². The third kappa shape index (κ3) is 2.97. The molecule has 0 saturated carbocycles. The van der Waals surface area contributed by atoms with Crippen LogP contribution >= 0.6 is 0 Å². The maximum atomic E-state index is 12.5. The molecule has 0 bridgehead atoms. The monoisotopic (exact) mass is 308 g/mol. The highest BCUT2D eigenvalue weighted by molar-refractivity contribution is 5.94. The quantitative estimate of drug-likeness (QED) is 0.865. The largest absolute Gasteiger partial charge is 0.338 e. The second kappa shape index (κ2) is 6.08. The van der Waals surface area contributed by atoms with Crippen LogP contribution in [0.15, 0.2) is 49.1 Å². The highest BCUT2D eigenvalue weighted by atomic mass is 16.2. The predicted molar refractivity (Wildman–Crippen MR) is 86.6 cm³/mol. The summed E-state index contributed by atoms with van der Waals surface area (Å²) in [6.45, 7) is 4.84. The van der Waals surface area contributed by atoms with Crippen molar-refractivity contribution < 1.29 is 4.79 Å². The van der Waals surface area contributed by atoms with E-state index in [0.717, 1.165) is 38.3 Å². The average molecular weight is 308 g/mol. The molecular weight excluding hydrogens is 288 g/mol. The number of fused-ring (bicyclic) bond motifs is 1. The van der Waals surface area contributed by atoms with Gasteiger partial charge in [-0.2, -0.15) is 0 Å². The van der Waals surface area contributed by atoms with Gasteiger partial charge in [0, 0.05) is 63.1 Å². The van der Waals surface area contributed by atoms with E-state index in [2.05, 4.69) is 20.9 Å². The van der Waals surface area contributed by atoms with Gasteiger partial charge in [0.05, 0.1) is 0 Å². The van der Waals surface area contributed by atoms with Crippen molar-refractivity contribution in [3.05, 3.63) is 60.2 Å². The summed E-state index contributed by atoms with van der Waals surface area (Å²) in [5, 5.41) is 0. The molecule has 1 amide bonds. The first-order valence-corrected chi connectivity index (χ1v) is 8.10. The van der Waals surface area contributed by atoms with E-state index in [9.17, 15) is 4.79 Å². The summed E-state index contributed by atoms with van der Waals surface area (Å²) in [4.78, 5) is 25.2. The number of carbonyl (C=O) groups excluding carboxylic acids is 1. The van der Waals surface area contributed by atoms with Crippen molar-refractivity contribution in [2.24, 2.45) is 11.8 Å². The molecule has 2 atom stereocenters. The van der Waals surface area contributed by atoms with Gasteiger partial charge in [0.25, 0.3) is 5.91 Å². The lowest BCUT2D eigenvalue weighted by Crippen LogP contribution is -2.33. The topological polar surface area (TPSA) is 49.3 Å². The van der Waals surface area contributed by atoms with E-state index in [4.69, 9.17) is 0 Å². The molecule has 4 heterocycles. The zero-order valence-corrected chi connectivity index (χ0v) is 13.0. The molecule has 2 aromatic rings. The van der Waals surface area contributed by atoms with Crippen molar-refractivity contribution in [3.63, 3.8) is 0 Å². The van der Waals surface area contributed by atoms with Gasteiger partial charge in [-0.15, -0.1) is 0 Å². The van der Waals surface area contributed by atoms with Crippen LogP contribution in [-0.4, -0.2) is 51.9 Å². The second-order valence-corrected chi connectivity index (χ2v) is 6.52. The Morgan fingerprint density at radius 1 is 1.00 bits per heavy atom. The van der Waals surface area contributed by atoms with E-state index in [1.807, 2.05) is 23.4 Å². The van der Waals surface area contributed by atoms with Crippen molar-refractivity contribution in [3.8, 4) is 0 Å². The van der Waals surface area contributed by atoms with Crippen molar-refractivity contribution in [2.75, 3.05) is 26.2 Å². The Kier molecular flexibility index (Phi) is 3.79. The van der Waals surface area contributed by atoms with Gasteiger partial charge in [0.15, 0.2) is 0 Å². The Hall–Kier alpha value is -2.27. The summed E-state index contributed by atoms with van der Waals surface area (Å²) in [5.74, 6) is 1.33. The Balaban J connectivity index is 1.36. The number of carbonyl (C=O) groups is 1. The fourth-order valence-electron chi connectivity index (χ4n) is 3.81. The van der Waals surface area contributed by atoms with Gasteiger partial charge in [-0.05, 0) is 35.6 Å². The lowest BCUT2D eigenvalue weighted by atomic mass is 10.0. The van der Waals surface area contributed by atoms with E-state index >= 15 is 0 Å². The van der Waals surface area contributed by atoms with E-state index in [-0.39, 0.29) is 5.91 Å². The van der Waals surface area contributed by atoms with Crippen LogP contribution in [0.25, 0.3) is 0 Å². The number of amides is 1. The third-order valence-corrected chi connectivity index (χ3v) is 4.91. The number of hydrogen-bond donors (Lipinski definition) is 0. The van der Waals surface area contributed by atoms with Gasteiger partial charge in [-0.1, -0.05) is 6.07 Å². The van der Waals surface area contributed by atoms with Crippen LogP contribution in [0.5, 0.6) is 0 Å². The van der Waals surface area contributed by atoms with Gasteiger partial charge in [0.2, 0.25) is 0 Å². The summed E-state index contributed by atoms with van der Waals surface area (Å²) in [7, 11) is 0. The zero-order chi connectivity index (χ0) is 15.6. The summed E-state index contributed by atoms with van der Waals surface area (Å²) < 4.78 is 0. The minimum atomic E-state index is 0.139. The molecule has 5 heteroatoms. The zero-order valence-electron chi connectivity index (χ0n) is 13.0.